The SMILES string of the molecule is CCOC(=O)Cc1csc(NN=Cc2ccc(OC(F)(F)C(F)C(F)(F)F)c(OC)c2)n1. The van der Waals surface area contributed by atoms with Crippen LogP contribution in [-0.2, 0) is 16.0 Å². The number of rotatable bonds is 10. The first-order chi connectivity index (χ1) is 15.0. The lowest BCUT2D eigenvalue weighted by Crippen LogP contribution is -2.45. The average Bonchev–Trinajstić information content (AvgIpc) is 3.14. The van der Waals surface area contributed by atoms with Crippen molar-refractivity contribution in [2.45, 2.75) is 31.8 Å². The molecule has 2 rings (SSSR count). The number of ether oxygens (including phenoxy) is 3. The Morgan fingerprint density at radius 1 is 1.28 bits per heavy atom. The predicted molar refractivity (Wildman–Crippen MR) is 103 cm³/mol. The number of carbonyl (C=O) groups is 1. The molecule has 0 radical (unpaired) electrons. The average molecular weight is 485 g/mol. The summed E-state index contributed by atoms with van der Waals surface area (Å²) in [6, 6.07) is 3.22. The maximum absolute atomic E-state index is 13.5. The van der Waals surface area contributed by atoms with Crippen molar-refractivity contribution in [2.24, 2.45) is 5.10 Å². The number of esters is 1. The summed E-state index contributed by atoms with van der Waals surface area (Å²) in [5.74, 6) is -1.59. The van der Waals surface area contributed by atoms with E-state index < -0.39 is 30.2 Å². The normalized spacial score (nSPS) is 13.1. The van der Waals surface area contributed by atoms with Crippen LogP contribution < -0.4 is 14.9 Å². The molecule has 176 valence electrons. The third-order valence-corrected chi connectivity index (χ3v) is 4.37. The number of hydrazone groups is 1. The van der Waals surface area contributed by atoms with Crippen molar-refractivity contribution < 1.29 is 45.3 Å². The highest BCUT2D eigenvalue weighted by atomic mass is 32.1. The van der Waals surface area contributed by atoms with Gasteiger partial charge in [0.15, 0.2) is 11.5 Å². The standard InChI is InChI=1S/C18H17F6N3O4S/c1-3-30-14(28)7-11-9-32-16(26-11)27-25-8-10-4-5-12(13(6-10)29-2)31-18(23,24)15(19)17(20,21)22/h4-6,8-9,15H,3,7H2,1-2H3,(H,26,27). The van der Waals surface area contributed by atoms with E-state index >= 15 is 0 Å². The lowest BCUT2D eigenvalue weighted by Gasteiger charge is -2.24. The van der Waals surface area contributed by atoms with Crippen molar-refractivity contribution in [1.82, 2.24) is 4.98 Å². The van der Waals surface area contributed by atoms with Crippen LogP contribution in [0.1, 0.15) is 18.2 Å². The maximum atomic E-state index is 13.5. The summed E-state index contributed by atoms with van der Waals surface area (Å²) < 4.78 is 90.3. The summed E-state index contributed by atoms with van der Waals surface area (Å²) in [5, 5.41) is 5.87. The number of aromatic nitrogens is 1. The molecule has 14 heteroatoms. The highest BCUT2D eigenvalue weighted by Crippen LogP contribution is 2.39. The third-order valence-electron chi connectivity index (χ3n) is 3.57. The first-order valence-electron chi connectivity index (χ1n) is 8.81. The highest BCUT2D eigenvalue weighted by Gasteiger charge is 2.59. The van der Waals surface area contributed by atoms with Crippen LogP contribution in [0.25, 0.3) is 0 Å². The van der Waals surface area contributed by atoms with E-state index in [1.54, 1.807) is 12.3 Å². The van der Waals surface area contributed by atoms with Gasteiger partial charge in [0, 0.05) is 5.38 Å². The predicted octanol–water partition coefficient (Wildman–Crippen LogP) is 4.58. The molecule has 1 aromatic heterocycles. The van der Waals surface area contributed by atoms with Gasteiger partial charge in [0.2, 0.25) is 5.13 Å². The van der Waals surface area contributed by atoms with Crippen LogP contribution >= 0.6 is 11.3 Å². The third kappa shape index (κ3) is 7.00. The van der Waals surface area contributed by atoms with Crippen LogP contribution in [0.3, 0.4) is 0 Å². The molecule has 0 fully saturated rings. The fourth-order valence-corrected chi connectivity index (χ4v) is 2.86. The van der Waals surface area contributed by atoms with Crippen molar-refractivity contribution >= 4 is 28.7 Å². The molecule has 0 spiro atoms. The van der Waals surface area contributed by atoms with Crippen molar-refractivity contribution in [2.75, 3.05) is 19.1 Å². The number of thiazole rings is 1. The number of alkyl halides is 6. The minimum absolute atomic E-state index is 0.00684. The molecule has 7 nitrogen and oxygen atoms in total. The van der Waals surface area contributed by atoms with E-state index in [-0.39, 0.29) is 18.8 Å². The molecule has 1 unspecified atom stereocenters. The Bertz CT molecular complexity index is 951. The molecule has 1 aromatic carbocycles. The number of hydrogen-bond donors (Lipinski definition) is 1. The Kier molecular flexibility index (Phi) is 8.30. The summed E-state index contributed by atoms with van der Waals surface area (Å²) in [4.78, 5) is 15.6. The van der Waals surface area contributed by atoms with Crippen LogP contribution in [0.15, 0.2) is 28.7 Å². The van der Waals surface area contributed by atoms with E-state index in [0.717, 1.165) is 19.2 Å². The molecule has 0 aliphatic heterocycles. The van der Waals surface area contributed by atoms with Crippen LogP contribution in [0.2, 0.25) is 0 Å². The molecule has 2 aromatic rings. The fourth-order valence-electron chi connectivity index (χ4n) is 2.20. The lowest BCUT2D eigenvalue weighted by atomic mass is 10.2. The Balaban J connectivity index is 2.04. The van der Waals surface area contributed by atoms with Gasteiger partial charge in [-0.1, -0.05) is 0 Å². The smallest absolute Gasteiger partial charge is 0.439 e. The number of carbonyl (C=O) groups excluding carboxylic acids is 1. The second kappa shape index (κ2) is 10.5. The van der Waals surface area contributed by atoms with Crippen molar-refractivity contribution in [3.63, 3.8) is 0 Å². The topological polar surface area (TPSA) is 82.0 Å². The number of nitrogens with zero attached hydrogens (tertiary/aromatic N) is 2. The number of methoxy groups -OCH3 is 1. The fraction of sp³-hybridized carbons (Fsp3) is 0.389. The zero-order valence-corrected chi connectivity index (χ0v) is 17.4. The van der Waals surface area contributed by atoms with E-state index in [2.05, 4.69) is 20.2 Å². The van der Waals surface area contributed by atoms with Crippen LogP contribution in [0.5, 0.6) is 11.5 Å². The van der Waals surface area contributed by atoms with E-state index in [4.69, 9.17) is 9.47 Å². The Hall–Kier alpha value is -3.03. The summed E-state index contributed by atoms with van der Waals surface area (Å²) >= 11 is 1.17. The largest absolute Gasteiger partial charge is 0.493 e. The van der Waals surface area contributed by atoms with E-state index in [9.17, 15) is 31.1 Å². The van der Waals surface area contributed by atoms with Gasteiger partial charge >= 0.3 is 18.3 Å². The second-order valence-corrected chi connectivity index (χ2v) is 6.83. The van der Waals surface area contributed by atoms with Gasteiger partial charge in [-0.05, 0) is 30.7 Å². The van der Waals surface area contributed by atoms with Gasteiger partial charge in [-0.3, -0.25) is 10.2 Å². The van der Waals surface area contributed by atoms with Gasteiger partial charge in [0.1, 0.15) is 0 Å². The number of hydrogen-bond acceptors (Lipinski definition) is 8. The Morgan fingerprint density at radius 3 is 2.62 bits per heavy atom. The first kappa shape index (κ1) is 25.2. The minimum atomic E-state index is -5.80. The van der Waals surface area contributed by atoms with Crippen molar-refractivity contribution in [3.05, 3.63) is 34.8 Å². The molecule has 1 atom stereocenters. The molecule has 0 saturated carbocycles. The number of anilines is 1. The van der Waals surface area contributed by atoms with Gasteiger partial charge in [-0.15, -0.1) is 11.3 Å². The minimum Gasteiger partial charge on any atom is -0.493 e. The molecule has 0 amide bonds. The Labute approximate surface area is 182 Å². The van der Waals surface area contributed by atoms with E-state index in [1.165, 1.54) is 23.6 Å². The van der Waals surface area contributed by atoms with Gasteiger partial charge in [-0.25, -0.2) is 9.37 Å². The van der Waals surface area contributed by atoms with Crippen LogP contribution in [0, 0.1) is 0 Å². The summed E-state index contributed by atoms with van der Waals surface area (Å²) in [7, 11) is 1.07. The van der Waals surface area contributed by atoms with Crippen LogP contribution in [0.4, 0.5) is 31.5 Å². The monoisotopic (exact) mass is 485 g/mol. The summed E-state index contributed by atoms with van der Waals surface area (Å²) in [6.45, 7) is 1.93. The molecular formula is C18H17F6N3O4S. The highest BCUT2D eigenvalue weighted by molar-refractivity contribution is 7.13. The van der Waals surface area contributed by atoms with Gasteiger partial charge in [0.25, 0.3) is 6.17 Å². The van der Waals surface area contributed by atoms with E-state index in [0.29, 0.717) is 16.4 Å². The zero-order chi connectivity index (χ0) is 23.9. The van der Waals surface area contributed by atoms with Gasteiger partial charge < -0.3 is 14.2 Å². The molecule has 0 aliphatic carbocycles. The molecular weight excluding hydrogens is 468 g/mol. The zero-order valence-electron chi connectivity index (χ0n) is 16.6. The van der Waals surface area contributed by atoms with Crippen molar-refractivity contribution in [3.8, 4) is 11.5 Å². The second-order valence-electron chi connectivity index (χ2n) is 5.97. The molecule has 1 N–H and O–H groups in total. The lowest BCUT2D eigenvalue weighted by molar-refractivity contribution is -0.305. The molecule has 0 saturated heterocycles. The first-order valence-corrected chi connectivity index (χ1v) is 9.69. The Morgan fingerprint density at radius 2 is 2.00 bits per heavy atom. The molecule has 32 heavy (non-hydrogen) atoms. The number of benzene rings is 1. The quantitative estimate of drug-likeness (QED) is 0.230. The molecule has 0 bridgehead atoms. The number of nitrogens with one attached hydrogen (secondary N) is 1. The van der Waals surface area contributed by atoms with Gasteiger partial charge in [-0.2, -0.15) is 27.1 Å². The summed E-state index contributed by atoms with van der Waals surface area (Å²) in [5.41, 5.74) is 3.36. The summed E-state index contributed by atoms with van der Waals surface area (Å²) in [6.07, 6.45) is -14.2. The number of halogens is 6. The van der Waals surface area contributed by atoms with E-state index in [1.807, 2.05) is 0 Å². The molecule has 0 aliphatic rings. The van der Waals surface area contributed by atoms with Gasteiger partial charge in [0.05, 0.1) is 32.0 Å². The van der Waals surface area contributed by atoms with Crippen LogP contribution in [-0.4, -0.2) is 49.3 Å². The molecule has 1 heterocycles. The van der Waals surface area contributed by atoms with Crippen molar-refractivity contribution in [1.29, 1.82) is 0 Å². The maximum Gasteiger partial charge on any atom is 0.439 e.